The van der Waals surface area contributed by atoms with E-state index in [1.165, 1.54) is 30.5 Å². The van der Waals surface area contributed by atoms with Crippen LogP contribution in [0.25, 0.3) is 11.3 Å². The number of hydrogen-bond acceptors (Lipinski definition) is 7. The number of alkyl halides is 1. The molecule has 0 saturated heterocycles. The van der Waals surface area contributed by atoms with Crippen molar-refractivity contribution in [2.75, 3.05) is 30.9 Å². The molecule has 0 unspecified atom stereocenters. The number of nitrogens with one attached hydrogen (secondary N) is 2. The number of pyridine rings is 1. The highest BCUT2D eigenvalue weighted by atomic mass is 19.1. The molecule has 1 saturated carbocycles. The number of amides is 2. The molecule has 1 aliphatic carbocycles. The van der Waals surface area contributed by atoms with Gasteiger partial charge in [-0.3, -0.25) is 14.6 Å². The molecule has 3 rings (SSSR count). The number of anilines is 2. The first-order valence-corrected chi connectivity index (χ1v) is 9.53. The first kappa shape index (κ1) is 21.1. The van der Waals surface area contributed by atoms with Gasteiger partial charge in [-0.05, 0) is 25.8 Å². The Bertz CT molecular complexity index is 970. The van der Waals surface area contributed by atoms with Crippen LogP contribution in [0.1, 0.15) is 25.5 Å². The van der Waals surface area contributed by atoms with Gasteiger partial charge in [0.05, 0.1) is 23.8 Å². The van der Waals surface area contributed by atoms with E-state index >= 15 is 0 Å². The smallest absolute Gasteiger partial charge is 0.244 e. The molecule has 156 valence electrons. The van der Waals surface area contributed by atoms with E-state index in [-0.39, 0.29) is 30.0 Å². The molecule has 1 fully saturated rings. The molecule has 30 heavy (non-hydrogen) atoms. The number of carbonyl (C=O) groups excluding carboxylic acids is 2. The maximum absolute atomic E-state index is 12.5. The van der Waals surface area contributed by atoms with Crippen LogP contribution < -0.4 is 10.6 Å². The summed E-state index contributed by atoms with van der Waals surface area (Å²) in [6, 6.07) is 2.94. The largest absolute Gasteiger partial charge is 0.372 e. The van der Waals surface area contributed by atoms with E-state index in [0.29, 0.717) is 22.8 Å². The van der Waals surface area contributed by atoms with Gasteiger partial charge in [-0.2, -0.15) is 5.26 Å². The van der Waals surface area contributed by atoms with Gasteiger partial charge >= 0.3 is 0 Å². The van der Waals surface area contributed by atoms with Gasteiger partial charge in [-0.15, -0.1) is 0 Å². The van der Waals surface area contributed by atoms with Crippen molar-refractivity contribution in [3.63, 3.8) is 0 Å². The fourth-order valence-corrected chi connectivity index (χ4v) is 2.78. The highest BCUT2D eigenvalue weighted by molar-refractivity contribution is 5.93. The minimum atomic E-state index is -0.684. The number of rotatable bonds is 8. The van der Waals surface area contributed by atoms with Crippen LogP contribution in [0.2, 0.25) is 0 Å². The molecule has 2 aromatic heterocycles. The van der Waals surface area contributed by atoms with Crippen LogP contribution in [0.15, 0.2) is 24.7 Å². The van der Waals surface area contributed by atoms with Crippen molar-refractivity contribution in [1.82, 2.24) is 19.9 Å². The molecule has 2 amide bonds. The minimum absolute atomic E-state index is 0.00647. The molecule has 0 aromatic carbocycles. The Morgan fingerprint density at radius 2 is 2.07 bits per heavy atom. The lowest BCUT2D eigenvalue weighted by Crippen LogP contribution is -2.40. The predicted molar refractivity (Wildman–Crippen MR) is 108 cm³/mol. The van der Waals surface area contributed by atoms with Gasteiger partial charge in [0.2, 0.25) is 11.8 Å². The Labute approximate surface area is 173 Å². The molecule has 1 aliphatic rings. The zero-order valence-corrected chi connectivity index (χ0v) is 16.7. The van der Waals surface area contributed by atoms with E-state index in [9.17, 15) is 19.2 Å². The van der Waals surface area contributed by atoms with Crippen molar-refractivity contribution in [2.45, 2.75) is 25.8 Å². The molecule has 0 aliphatic heterocycles. The normalized spacial score (nSPS) is 13.8. The predicted octanol–water partition coefficient (Wildman–Crippen LogP) is 1.99. The van der Waals surface area contributed by atoms with Gasteiger partial charge in [-0.1, -0.05) is 0 Å². The van der Waals surface area contributed by atoms with Crippen LogP contribution in [-0.2, 0) is 9.59 Å². The molecule has 0 bridgehead atoms. The lowest BCUT2D eigenvalue weighted by Gasteiger charge is -2.22. The van der Waals surface area contributed by atoms with Crippen LogP contribution in [0, 0.1) is 17.2 Å². The van der Waals surface area contributed by atoms with Gasteiger partial charge < -0.3 is 15.5 Å². The average Bonchev–Trinajstić information content (AvgIpc) is 3.59. The van der Waals surface area contributed by atoms with E-state index in [1.807, 2.05) is 6.07 Å². The zero-order chi connectivity index (χ0) is 21.7. The summed E-state index contributed by atoms with van der Waals surface area (Å²) in [5.74, 6) is 0.0691. The third kappa shape index (κ3) is 5.05. The number of nitriles is 1. The monoisotopic (exact) mass is 411 g/mol. The SMILES string of the molecule is C[C@H](Nc1cc(-c2cnc(NC(=O)C3CC3)cn2)cnc1C#N)C(=O)N(C)CCF. The molecular weight excluding hydrogens is 389 g/mol. The maximum atomic E-state index is 12.5. The molecule has 10 heteroatoms. The Morgan fingerprint density at radius 1 is 1.30 bits per heavy atom. The standard InChI is InChI=1S/C20H22FN7O2/c1-12(20(30)28(2)6-5-21)26-15-7-14(9-23-16(15)8-22)17-10-25-18(11-24-17)27-19(29)13-3-4-13/h7,9-13,26H,3-6H2,1-2H3,(H,25,27,29)/t12-/m0/s1. The van der Waals surface area contributed by atoms with E-state index in [4.69, 9.17) is 0 Å². The fourth-order valence-electron chi connectivity index (χ4n) is 2.78. The Hall–Kier alpha value is -3.61. The summed E-state index contributed by atoms with van der Waals surface area (Å²) in [4.78, 5) is 38.0. The van der Waals surface area contributed by atoms with Crippen LogP contribution >= 0.6 is 0 Å². The molecule has 1 atom stereocenters. The van der Waals surface area contributed by atoms with Crippen LogP contribution in [0.4, 0.5) is 15.9 Å². The van der Waals surface area contributed by atoms with E-state index in [1.54, 1.807) is 13.0 Å². The minimum Gasteiger partial charge on any atom is -0.372 e. The number of nitrogens with zero attached hydrogens (tertiary/aromatic N) is 5. The van der Waals surface area contributed by atoms with E-state index in [0.717, 1.165) is 12.8 Å². The van der Waals surface area contributed by atoms with Crippen LogP contribution in [-0.4, -0.2) is 58.0 Å². The summed E-state index contributed by atoms with van der Waals surface area (Å²) in [5.41, 5.74) is 1.55. The molecule has 9 nitrogen and oxygen atoms in total. The maximum Gasteiger partial charge on any atom is 0.244 e. The number of carbonyl (C=O) groups is 2. The van der Waals surface area contributed by atoms with Crippen molar-refractivity contribution >= 4 is 23.3 Å². The van der Waals surface area contributed by atoms with E-state index in [2.05, 4.69) is 25.6 Å². The van der Waals surface area contributed by atoms with Crippen molar-refractivity contribution in [3.8, 4) is 17.3 Å². The van der Waals surface area contributed by atoms with E-state index < -0.39 is 12.7 Å². The second-order valence-electron chi connectivity index (χ2n) is 7.10. The van der Waals surface area contributed by atoms with Gasteiger partial charge in [0.15, 0.2) is 11.5 Å². The second-order valence-corrected chi connectivity index (χ2v) is 7.10. The highest BCUT2D eigenvalue weighted by Gasteiger charge is 2.29. The summed E-state index contributed by atoms with van der Waals surface area (Å²) >= 11 is 0. The number of hydrogen-bond donors (Lipinski definition) is 2. The quantitative estimate of drug-likeness (QED) is 0.681. The van der Waals surface area contributed by atoms with Gasteiger partial charge in [0.1, 0.15) is 18.8 Å². The molecule has 2 heterocycles. The third-order valence-corrected chi connectivity index (χ3v) is 4.68. The van der Waals surface area contributed by atoms with Gasteiger partial charge in [0.25, 0.3) is 0 Å². The average molecular weight is 411 g/mol. The molecule has 0 spiro atoms. The highest BCUT2D eigenvalue weighted by Crippen LogP contribution is 2.30. The molecule has 0 radical (unpaired) electrons. The third-order valence-electron chi connectivity index (χ3n) is 4.68. The lowest BCUT2D eigenvalue weighted by molar-refractivity contribution is -0.130. The Morgan fingerprint density at radius 3 is 2.67 bits per heavy atom. The van der Waals surface area contributed by atoms with Crippen molar-refractivity contribution in [2.24, 2.45) is 5.92 Å². The van der Waals surface area contributed by atoms with Crippen molar-refractivity contribution in [3.05, 3.63) is 30.4 Å². The van der Waals surface area contributed by atoms with Crippen molar-refractivity contribution in [1.29, 1.82) is 5.26 Å². The summed E-state index contributed by atoms with van der Waals surface area (Å²) in [6.07, 6.45) is 6.24. The fraction of sp³-hybridized carbons (Fsp3) is 0.400. The zero-order valence-electron chi connectivity index (χ0n) is 16.7. The van der Waals surface area contributed by atoms with Crippen LogP contribution in [0.5, 0.6) is 0 Å². The first-order valence-electron chi connectivity index (χ1n) is 9.53. The molecule has 2 N–H and O–H groups in total. The number of aromatic nitrogens is 3. The van der Waals surface area contributed by atoms with Gasteiger partial charge in [-0.25, -0.2) is 14.4 Å². The summed E-state index contributed by atoms with van der Waals surface area (Å²) in [7, 11) is 1.51. The van der Waals surface area contributed by atoms with Gasteiger partial charge in [0, 0.05) is 31.3 Å². The summed E-state index contributed by atoms with van der Waals surface area (Å²) in [5, 5.41) is 15.0. The number of halogens is 1. The Balaban J connectivity index is 1.76. The number of likely N-dealkylation sites (N-methyl/N-ethyl adjacent to an activating group) is 1. The lowest BCUT2D eigenvalue weighted by atomic mass is 10.1. The first-order chi connectivity index (χ1) is 14.4. The molecular formula is C20H22FN7O2. The summed E-state index contributed by atoms with van der Waals surface area (Å²) in [6.45, 7) is 0.987. The Kier molecular flexibility index (Phi) is 6.51. The second kappa shape index (κ2) is 9.26. The molecule has 2 aromatic rings. The van der Waals surface area contributed by atoms with Crippen LogP contribution in [0.3, 0.4) is 0 Å². The summed E-state index contributed by atoms with van der Waals surface area (Å²) < 4.78 is 12.5. The topological polar surface area (TPSA) is 124 Å². The van der Waals surface area contributed by atoms with Crippen molar-refractivity contribution < 1.29 is 14.0 Å².